The van der Waals surface area contributed by atoms with Crippen LogP contribution in [-0.2, 0) is 14.4 Å². The molecule has 0 spiro atoms. The molecule has 3 N–H and O–H groups in total. The molecule has 0 unspecified atom stereocenters. The number of aryl methyl sites for hydroxylation is 1. The van der Waals surface area contributed by atoms with Crippen LogP contribution in [0.3, 0.4) is 0 Å². The summed E-state index contributed by atoms with van der Waals surface area (Å²) in [6.45, 7) is 5.71. The molecule has 0 aliphatic carbocycles. The minimum Gasteiger partial charge on any atom is -0.473 e. The van der Waals surface area contributed by atoms with Gasteiger partial charge in [0.05, 0.1) is 29.6 Å². The number of carbonyl (C=O) groups is 4. The van der Waals surface area contributed by atoms with Crippen molar-refractivity contribution in [1.82, 2.24) is 14.8 Å². The maximum atomic E-state index is 12.4. The Labute approximate surface area is 198 Å². The number of hydrogen-bond acceptors (Lipinski definition) is 9. The maximum Gasteiger partial charge on any atom is 0.414 e. The summed E-state index contributed by atoms with van der Waals surface area (Å²) in [5, 5.41) is 18.3. The number of furan rings is 1. The minimum atomic E-state index is -1.82. The summed E-state index contributed by atoms with van der Waals surface area (Å²) < 4.78 is 6.23. The zero-order valence-corrected chi connectivity index (χ0v) is 19.2. The van der Waals surface area contributed by atoms with Crippen molar-refractivity contribution in [2.45, 2.75) is 6.92 Å². The summed E-state index contributed by atoms with van der Waals surface area (Å²) in [4.78, 5) is 51.3. The number of thiazole rings is 1. The van der Waals surface area contributed by atoms with Crippen molar-refractivity contribution in [3.8, 4) is 0 Å². The lowest BCUT2D eigenvalue weighted by atomic mass is 10.2. The first-order chi connectivity index (χ1) is 16.2. The Morgan fingerprint density at radius 2 is 1.68 bits per heavy atom. The summed E-state index contributed by atoms with van der Waals surface area (Å²) in [6, 6.07) is 9.47. The van der Waals surface area contributed by atoms with E-state index in [-0.39, 0.29) is 11.7 Å². The molecular formula is C22H24N4O7S. The number of ketones is 1. The molecule has 0 bridgehead atoms. The number of piperazine rings is 1. The van der Waals surface area contributed by atoms with E-state index in [1.54, 1.807) is 12.1 Å². The number of amides is 1. The van der Waals surface area contributed by atoms with Crippen LogP contribution in [0.4, 0.5) is 5.13 Å². The van der Waals surface area contributed by atoms with Crippen LogP contribution >= 0.6 is 11.3 Å². The number of carboxylic acids is 2. The van der Waals surface area contributed by atoms with Gasteiger partial charge >= 0.3 is 11.9 Å². The zero-order valence-electron chi connectivity index (χ0n) is 18.4. The highest BCUT2D eigenvalue weighted by Gasteiger charge is 2.22. The van der Waals surface area contributed by atoms with Crippen LogP contribution in [-0.4, -0.2) is 87.9 Å². The average Bonchev–Trinajstić information content (AvgIpc) is 3.45. The largest absolute Gasteiger partial charge is 0.473 e. The Morgan fingerprint density at radius 3 is 2.26 bits per heavy atom. The van der Waals surface area contributed by atoms with Gasteiger partial charge in [0.15, 0.2) is 10.9 Å². The van der Waals surface area contributed by atoms with Crippen LogP contribution in [0.15, 0.2) is 41.0 Å². The van der Waals surface area contributed by atoms with Gasteiger partial charge in [0.25, 0.3) is 0 Å². The number of anilines is 1. The highest BCUT2D eigenvalue weighted by molar-refractivity contribution is 7.22. The highest BCUT2D eigenvalue weighted by Crippen LogP contribution is 2.26. The fourth-order valence-electron chi connectivity index (χ4n) is 3.27. The maximum absolute atomic E-state index is 12.4. The van der Waals surface area contributed by atoms with E-state index >= 15 is 0 Å². The molecule has 1 amide bonds. The fourth-order valence-corrected chi connectivity index (χ4v) is 4.25. The van der Waals surface area contributed by atoms with E-state index in [9.17, 15) is 9.59 Å². The van der Waals surface area contributed by atoms with Crippen LogP contribution in [0.5, 0.6) is 0 Å². The number of fused-ring (bicyclic) bond motifs is 1. The Kier molecular flexibility index (Phi) is 8.46. The summed E-state index contributed by atoms with van der Waals surface area (Å²) >= 11 is 1.49. The average molecular weight is 489 g/mol. The lowest BCUT2D eigenvalue weighted by Crippen LogP contribution is -2.49. The van der Waals surface area contributed by atoms with Gasteiger partial charge in [0.2, 0.25) is 11.7 Å². The quantitative estimate of drug-likeness (QED) is 0.346. The topological polar surface area (TPSA) is 153 Å². The first kappa shape index (κ1) is 25.0. The number of aromatic nitrogens is 1. The third kappa shape index (κ3) is 7.20. The molecule has 1 aliphatic heterocycles. The Hall–Kier alpha value is -3.61. The van der Waals surface area contributed by atoms with Gasteiger partial charge in [-0.3, -0.25) is 19.4 Å². The van der Waals surface area contributed by atoms with E-state index in [0.29, 0.717) is 24.0 Å². The molecule has 0 saturated carbocycles. The number of Topliss-reactive ketones (excluding diaryl/α,β-unsaturated/α-hetero) is 1. The Balaban J connectivity index is 0.000000481. The molecule has 34 heavy (non-hydrogen) atoms. The number of nitrogens with zero attached hydrogens (tertiary/aromatic N) is 3. The summed E-state index contributed by atoms with van der Waals surface area (Å²) in [7, 11) is 0. The second-order valence-corrected chi connectivity index (χ2v) is 8.63. The first-order valence-electron chi connectivity index (χ1n) is 10.4. The van der Waals surface area contributed by atoms with E-state index in [2.05, 4.69) is 26.2 Å². The fraction of sp³-hybridized carbons (Fsp3) is 0.318. The van der Waals surface area contributed by atoms with Gasteiger partial charge in [0, 0.05) is 26.2 Å². The summed E-state index contributed by atoms with van der Waals surface area (Å²) in [5.74, 6) is -3.32. The molecule has 1 aliphatic rings. The number of rotatable bonds is 6. The molecule has 2 aromatic heterocycles. The molecule has 1 aromatic carbocycles. The molecule has 3 heterocycles. The lowest BCUT2D eigenvalue weighted by molar-refractivity contribution is -0.159. The SMILES string of the molecule is Cc1ccc2nc(NC(=O)CN3CCN(CC(=O)c4ccco4)CC3)sc2c1.O=C(O)C(=O)O. The molecule has 12 heteroatoms. The smallest absolute Gasteiger partial charge is 0.414 e. The van der Waals surface area contributed by atoms with E-state index < -0.39 is 11.9 Å². The summed E-state index contributed by atoms with van der Waals surface area (Å²) in [5.41, 5.74) is 2.08. The highest BCUT2D eigenvalue weighted by atomic mass is 32.1. The third-order valence-electron chi connectivity index (χ3n) is 4.97. The molecule has 4 rings (SSSR count). The van der Waals surface area contributed by atoms with Crippen LogP contribution in [0, 0.1) is 6.92 Å². The van der Waals surface area contributed by atoms with Crippen molar-refractivity contribution in [3.63, 3.8) is 0 Å². The number of hydrogen-bond donors (Lipinski definition) is 3. The second-order valence-electron chi connectivity index (χ2n) is 7.60. The van der Waals surface area contributed by atoms with Gasteiger partial charge in [-0.25, -0.2) is 14.6 Å². The van der Waals surface area contributed by atoms with E-state index in [1.165, 1.54) is 23.2 Å². The van der Waals surface area contributed by atoms with Crippen molar-refractivity contribution >= 4 is 50.3 Å². The van der Waals surface area contributed by atoms with Gasteiger partial charge in [-0.05, 0) is 36.8 Å². The number of nitrogens with one attached hydrogen (secondary N) is 1. The second kappa shape index (κ2) is 11.5. The van der Waals surface area contributed by atoms with Crippen molar-refractivity contribution in [2.24, 2.45) is 0 Å². The van der Waals surface area contributed by atoms with Gasteiger partial charge < -0.3 is 19.9 Å². The molecule has 11 nitrogen and oxygen atoms in total. The molecular weight excluding hydrogens is 464 g/mol. The lowest BCUT2D eigenvalue weighted by Gasteiger charge is -2.33. The molecule has 3 aromatic rings. The molecule has 1 saturated heterocycles. The minimum absolute atomic E-state index is 0.0118. The van der Waals surface area contributed by atoms with Gasteiger partial charge in [0.1, 0.15) is 0 Å². The van der Waals surface area contributed by atoms with Crippen LogP contribution in [0.25, 0.3) is 10.2 Å². The van der Waals surface area contributed by atoms with E-state index in [0.717, 1.165) is 36.4 Å². The predicted octanol–water partition coefficient (Wildman–Crippen LogP) is 1.79. The van der Waals surface area contributed by atoms with Crippen molar-refractivity contribution in [3.05, 3.63) is 47.9 Å². The van der Waals surface area contributed by atoms with Gasteiger partial charge in [-0.2, -0.15) is 0 Å². The summed E-state index contributed by atoms with van der Waals surface area (Å²) in [6.07, 6.45) is 1.51. The van der Waals surface area contributed by atoms with Crippen molar-refractivity contribution in [2.75, 3.05) is 44.6 Å². The normalized spacial score (nSPS) is 14.3. The monoisotopic (exact) mass is 488 g/mol. The molecule has 0 atom stereocenters. The Bertz CT molecular complexity index is 1160. The van der Waals surface area contributed by atoms with E-state index in [1.807, 2.05) is 19.1 Å². The van der Waals surface area contributed by atoms with Crippen LogP contribution in [0.1, 0.15) is 16.1 Å². The van der Waals surface area contributed by atoms with Crippen LogP contribution in [0.2, 0.25) is 0 Å². The zero-order chi connectivity index (χ0) is 24.7. The number of benzene rings is 1. The van der Waals surface area contributed by atoms with Gasteiger partial charge in [-0.15, -0.1) is 0 Å². The number of aliphatic carboxylic acids is 2. The standard InChI is InChI=1S/C20H22N4O3S.C2H2O4/c1-14-4-5-15-18(11-14)28-20(21-15)22-19(26)13-24-8-6-23(7-9-24)12-16(25)17-3-2-10-27-17;3-1(4)2(5)6/h2-5,10-11H,6-9,12-13H2,1H3,(H,21,22,26);(H,3,4)(H,5,6). The van der Waals surface area contributed by atoms with Gasteiger partial charge in [-0.1, -0.05) is 17.4 Å². The molecule has 1 fully saturated rings. The third-order valence-corrected chi connectivity index (χ3v) is 5.90. The first-order valence-corrected chi connectivity index (χ1v) is 11.2. The van der Waals surface area contributed by atoms with Crippen molar-refractivity contribution in [1.29, 1.82) is 0 Å². The predicted molar refractivity (Wildman–Crippen MR) is 124 cm³/mol. The van der Waals surface area contributed by atoms with Crippen LogP contribution < -0.4 is 5.32 Å². The molecule has 180 valence electrons. The Morgan fingerprint density at radius 1 is 1.03 bits per heavy atom. The van der Waals surface area contributed by atoms with Crippen molar-refractivity contribution < 1.29 is 33.8 Å². The van der Waals surface area contributed by atoms with E-state index in [4.69, 9.17) is 24.2 Å². The number of carbonyl (C=O) groups excluding carboxylic acids is 2. The number of carboxylic acid groups (broad SMARTS) is 2. The molecule has 0 radical (unpaired) electrons.